The minimum absolute atomic E-state index is 0.0576. The molecule has 0 aliphatic carbocycles. The summed E-state index contributed by atoms with van der Waals surface area (Å²) in [4.78, 5) is 0. The summed E-state index contributed by atoms with van der Waals surface area (Å²) in [6.07, 6.45) is 7.83. The number of hydrogen-bond acceptors (Lipinski definition) is 3. The quantitative estimate of drug-likeness (QED) is 0.666. The van der Waals surface area contributed by atoms with E-state index in [9.17, 15) is 0 Å². The average molecular weight is 164 g/mol. The minimum Gasteiger partial charge on any atom is -0.355 e. The molecule has 0 amide bonds. The molecule has 0 fully saturated rings. The first-order valence-corrected chi connectivity index (χ1v) is 3.85. The first-order chi connectivity index (χ1) is 5.77. The first-order valence-electron chi connectivity index (χ1n) is 3.85. The Balaban J connectivity index is 2.64. The number of aromatic nitrogens is 3. The Morgan fingerprint density at radius 2 is 2.58 bits per heavy atom. The fraction of sp³-hybridized carbons (Fsp3) is 0.500. The standard InChI is InChI=1S/C8H12N4/c1-4-7(5-2)10-8-6-9-11-12(8)3/h1,6-7,10H,5H2,2-3H3. The summed E-state index contributed by atoms with van der Waals surface area (Å²) in [5.74, 6) is 3.48. The molecule has 1 aromatic rings. The maximum absolute atomic E-state index is 5.29. The van der Waals surface area contributed by atoms with Gasteiger partial charge in [-0.3, -0.25) is 0 Å². The molecule has 0 aliphatic rings. The van der Waals surface area contributed by atoms with Crippen LogP contribution in [0.15, 0.2) is 6.20 Å². The van der Waals surface area contributed by atoms with E-state index >= 15 is 0 Å². The SMILES string of the molecule is C#CC(CC)Nc1cnnn1C. The number of hydrogen-bond donors (Lipinski definition) is 1. The Morgan fingerprint density at radius 3 is 3.00 bits per heavy atom. The molecule has 1 aromatic heterocycles. The van der Waals surface area contributed by atoms with Crippen LogP contribution in [-0.4, -0.2) is 21.0 Å². The van der Waals surface area contributed by atoms with Crippen LogP contribution in [0.2, 0.25) is 0 Å². The Hall–Kier alpha value is -1.50. The van der Waals surface area contributed by atoms with Gasteiger partial charge in [-0.15, -0.1) is 11.5 Å². The molecule has 1 rings (SSSR count). The largest absolute Gasteiger partial charge is 0.355 e. The number of aryl methyl sites for hydroxylation is 1. The minimum atomic E-state index is 0.0576. The van der Waals surface area contributed by atoms with Crippen molar-refractivity contribution >= 4 is 5.82 Å². The summed E-state index contributed by atoms with van der Waals surface area (Å²) < 4.78 is 1.65. The molecule has 64 valence electrons. The summed E-state index contributed by atoms with van der Waals surface area (Å²) in [6, 6.07) is 0.0576. The zero-order valence-corrected chi connectivity index (χ0v) is 7.28. The number of anilines is 1. The molecular weight excluding hydrogens is 152 g/mol. The lowest BCUT2D eigenvalue weighted by molar-refractivity contribution is 0.709. The van der Waals surface area contributed by atoms with Gasteiger partial charge in [0.1, 0.15) is 5.82 Å². The van der Waals surface area contributed by atoms with Gasteiger partial charge in [0.25, 0.3) is 0 Å². The van der Waals surface area contributed by atoms with Crippen molar-refractivity contribution in [2.75, 3.05) is 5.32 Å². The molecular formula is C8H12N4. The van der Waals surface area contributed by atoms with Crippen LogP contribution < -0.4 is 5.32 Å². The highest BCUT2D eigenvalue weighted by atomic mass is 15.4. The summed E-state index contributed by atoms with van der Waals surface area (Å²) in [5, 5.41) is 10.6. The van der Waals surface area contributed by atoms with Crippen molar-refractivity contribution in [2.24, 2.45) is 7.05 Å². The van der Waals surface area contributed by atoms with Crippen LogP contribution in [0.5, 0.6) is 0 Å². The second-order valence-electron chi connectivity index (χ2n) is 2.51. The molecule has 0 aliphatic heterocycles. The highest BCUT2D eigenvalue weighted by molar-refractivity contribution is 5.34. The monoisotopic (exact) mass is 164 g/mol. The second-order valence-corrected chi connectivity index (χ2v) is 2.51. The Morgan fingerprint density at radius 1 is 1.83 bits per heavy atom. The van der Waals surface area contributed by atoms with Crippen LogP contribution in [0.25, 0.3) is 0 Å². The van der Waals surface area contributed by atoms with E-state index in [1.54, 1.807) is 10.9 Å². The summed E-state index contributed by atoms with van der Waals surface area (Å²) >= 11 is 0. The van der Waals surface area contributed by atoms with E-state index in [0.717, 1.165) is 12.2 Å². The number of nitrogens with zero attached hydrogens (tertiary/aromatic N) is 3. The highest BCUT2D eigenvalue weighted by Gasteiger charge is 2.04. The Labute approximate surface area is 72.0 Å². The molecule has 0 saturated heterocycles. The molecule has 1 unspecified atom stereocenters. The summed E-state index contributed by atoms with van der Waals surface area (Å²) in [5.41, 5.74) is 0. The van der Waals surface area contributed by atoms with E-state index in [4.69, 9.17) is 6.42 Å². The average Bonchev–Trinajstić information content (AvgIpc) is 2.47. The molecule has 4 nitrogen and oxygen atoms in total. The predicted molar refractivity (Wildman–Crippen MR) is 47.5 cm³/mol. The van der Waals surface area contributed by atoms with Gasteiger partial charge in [0, 0.05) is 7.05 Å². The fourth-order valence-electron chi connectivity index (χ4n) is 0.860. The number of nitrogens with one attached hydrogen (secondary N) is 1. The molecule has 4 heteroatoms. The van der Waals surface area contributed by atoms with E-state index in [1.165, 1.54) is 0 Å². The van der Waals surface area contributed by atoms with Crippen molar-refractivity contribution in [1.29, 1.82) is 0 Å². The molecule has 0 spiro atoms. The van der Waals surface area contributed by atoms with Gasteiger partial charge in [0.2, 0.25) is 0 Å². The fourth-order valence-corrected chi connectivity index (χ4v) is 0.860. The van der Waals surface area contributed by atoms with Gasteiger partial charge in [0.05, 0.1) is 12.2 Å². The Bertz CT molecular complexity index is 283. The zero-order valence-electron chi connectivity index (χ0n) is 7.28. The molecule has 1 heterocycles. The molecule has 0 bridgehead atoms. The van der Waals surface area contributed by atoms with Crippen molar-refractivity contribution in [1.82, 2.24) is 15.0 Å². The summed E-state index contributed by atoms with van der Waals surface area (Å²) in [7, 11) is 1.82. The normalized spacial score (nSPS) is 12.1. The van der Waals surface area contributed by atoms with Gasteiger partial charge in [-0.05, 0) is 6.42 Å². The highest BCUT2D eigenvalue weighted by Crippen LogP contribution is 2.04. The van der Waals surface area contributed by atoms with Gasteiger partial charge in [0.15, 0.2) is 0 Å². The van der Waals surface area contributed by atoms with Crippen LogP contribution in [0.1, 0.15) is 13.3 Å². The van der Waals surface area contributed by atoms with Crippen molar-refractivity contribution in [3.63, 3.8) is 0 Å². The van der Waals surface area contributed by atoms with Crippen molar-refractivity contribution in [3.8, 4) is 12.3 Å². The van der Waals surface area contributed by atoms with Crippen LogP contribution in [-0.2, 0) is 7.05 Å². The van der Waals surface area contributed by atoms with Crippen LogP contribution in [0.4, 0.5) is 5.82 Å². The van der Waals surface area contributed by atoms with Gasteiger partial charge < -0.3 is 5.32 Å². The van der Waals surface area contributed by atoms with Gasteiger partial charge in [-0.1, -0.05) is 18.1 Å². The predicted octanol–water partition coefficient (Wildman–Crippen LogP) is 0.639. The lowest BCUT2D eigenvalue weighted by Gasteiger charge is -2.10. The van der Waals surface area contributed by atoms with E-state index in [-0.39, 0.29) is 6.04 Å². The van der Waals surface area contributed by atoms with E-state index < -0.39 is 0 Å². The first kappa shape index (κ1) is 8.60. The second kappa shape index (κ2) is 3.77. The molecule has 1 atom stereocenters. The zero-order chi connectivity index (χ0) is 8.97. The maximum Gasteiger partial charge on any atom is 0.145 e. The molecule has 1 N–H and O–H groups in total. The third-order valence-corrected chi connectivity index (χ3v) is 1.65. The van der Waals surface area contributed by atoms with E-state index in [0.29, 0.717) is 0 Å². The van der Waals surface area contributed by atoms with Gasteiger partial charge >= 0.3 is 0 Å². The lowest BCUT2D eigenvalue weighted by atomic mass is 10.2. The number of terminal acetylenes is 1. The number of rotatable bonds is 3. The van der Waals surface area contributed by atoms with Crippen LogP contribution >= 0.6 is 0 Å². The molecule has 12 heavy (non-hydrogen) atoms. The smallest absolute Gasteiger partial charge is 0.145 e. The van der Waals surface area contributed by atoms with E-state index in [2.05, 4.69) is 21.5 Å². The molecule has 0 aromatic carbocycles. The maximum atomic E-state index is 5.29. The topological polar surface area (TPSA) is 42.7 Å². The lowest BCUT2D eigenvalue weighted by Crippen LogP contribution is -2.17. The van der Waals surface area contributed by atoms with Crippen molar-refractivity contribution in [2.45, 2.75) is 19.4 Å². The van der Waals surface area contributed by atoms with Crippen molar-refractivity contribution in [3.05, 3.63) is 6.20 Å². The van der Waals surface area contributed by atoms with E-state index in [1.807, 2.05) is 14.0 Å². The van der Waals surface area contributed by atoms with Gasteiger partial charge in [-0.25, -0.2) is 4.68 Å². The van der Waals surface area contributed by atoms with Crippen LogP contribution in [0, 0.1) is 12.3 Å². The Kier molecular flexibility index (Phi) is 2.70. The van der Waals surface area contributed by atoms with Gasteiger partial charge in [-0.2, -0.15) is 0 Å². The summed E-state index contributed by atoms with van der Waals surface area (Å²) in [6.45, 7) is 2.03. The molecule has 0 radical (unpaired) electrons. The molecule has 0 saturated carbocycles. The van der Waals surface area contributed by atoms with Crippen molar-refractivity contribution < 1.29 is 0 Å². The third kappa shape index (κ3) is 1.76. The third-order valence-electron chi connectivity index (χ3n) is 1.65. The van der Waals surface area contributed by atoms with Crippen LogP contribution in [0.3, 0.4) is 0 Å².